The SMILES string of the molecule is CC.CC(C)(CCO)Sc1ccc(-c2nc3ccccc3s2)cc1.CCCO. The second-order valence-corrected chi connectivity index (χ2v) is 9.38. The van der Waals surface area contributed by atoms with E-state index in [0.717, 1.165) is 28.9 Å². The first kappa shape index (κ1) is 24.6. The van der Waals surface area contributed by atoms with Gasteiger partial charge in [-0.25, -0.2) is 4.98 Å². The van der Waals surface area contributed by atoms with Gasteiger partial charge in [0.15, 0.2) is 0 Å². The Morgan fingerprint density at radius 3 is 2.11 bits per heavy atom. The zero-order valence-corrected chi connectivity index (χ0v) is 19.2. The molecule has 0 aliphatic rings. The first-order valence-corrected chi connectivity index (χ1v) is 11.5. The predicted molar refractivity (Wildman–Crippen MR) is 125 cm³/mol. The molecule has 2 aromatic carbocycles. The maximum absolute atomic E-state index is 9.12. The number of aliphatic hydroxyl groups is 2. The second-order valence-electron chi connectivity index (χ2n) is 6.57. The molecule has 1 heterocycles. The van der Waals surface area contributed by atoms with E-state index in [2.05, 4.69) is 50.2 Å². The van der Waals surface area contributed by atoms with Crippen LogP contribution in [0, 0.1) is 0 Å². The molecule has 0 saturated heterocycles. The molecule has 0 spiro atoms. The highest BCUT2D eigenvalue weighted by atomic mass is 32.2. The van der Waals surface area contributed by atoms with Crippen molar-refractivity contribution in [3.63, 3.8) is 0 Å². The molecule has 0 aliphatic heterocycles. The molecule has 0 saturated carbocycles. The van der Waals surface area contributed by atoms with E-state index in [0.29, 0.717) is 6.61 Å². The van der Waals surface area contributed by atoms with Crippen LogP contribution in [-0.4, -0.2) is 33.2 Å². The Labute approximate surface area is 177 Å². The van der Waals surface area contributed by atoms with Crippen molar-refractivity contribution in [2.24, 2.45) is 0 Å². The lowest BCUT2D eigenvalue weighted by molar-refractivity contribution is 0.275. The van der Waals surface area contributed by atoms with Crippen molar-refractivity contribution in [1.29, 1.82) is 0 Å². The standard InChI is InChI=1S/C18H19NOS2.C3H8O.C2H6/c1-18(2,11-12-20)22-14-9-7-13(8-10-14)17-19-15-5-3-4-6-16(15)21-17;1-2-3-4;1-2/h3-10,20H,11-12H2,1-2H3;4H,2-3H2,1H3;1-2H3. The van der Waals surface area contributed by atoms with Crippen LogP contribution in [0.3, 0.4) is 0 Å². The third-order valence-electron chi connectivity index (χ3n) is 3.73. The summed E-state index contributed by atoms with van der Waals surface area (Å²) in [5, 5.41) is 18.1. The van der Waals surface area contributed by atoms with Crippen molar-refractivity contribution >= 4 is 33.3 Å². The highest BCUT2D eigenvalue weighted by Crippen LogP contribution is 2.36. The molecule has 0 bridgehead atoms. The van der Waals surface area contributed by atoms with Gasteiger partial charge in [-0.15, -0.1) is 23.1 Å². The summed E-state index contributed by atoms with van der Waals surface area (Å²) in [6, 6.07) is 16.8. The number of para-hydroxylation sites is 1. The average molecular weight is 420 g/mol. The van der Waals surface area contributed by atoms with E-state index in [1.807, 2.05) is 32.9 Å². The fraction of sp³-hybridized carbons (Fsp3) is 0.435. The topological polar surface area (TPSA) is 53.4 Å². The summed E-state index contributed by atoms with van der Waals surface area (Å²) in [6.07, 6.45) is 1.66. The van der Waals surface area contributed by atoms with E-state index in [1.165, 1.54) is 9.60 Å². The molecular weight excluding hydrogens is 386 g/mol. The lowest BCUT2D eigenvalue weighted by Gasteiger charge is -2.22. The minimum absolute atomic E-state index is 0.0477. The normalized spacial score (nSPS) is 10.7. The summed E-state index contributed by atoms with van der Waals surface area (Å²) < 4.78 is 1.27. The summed E-state index contributed by atoms with van der Waals surface area (Å²) in [7, 11) is 0. The molecule has 0 unspecified atom stereocenters. The van der Waals surface area contributed by atoms with Crippen molar-refractivity contribution in [1.82, 2.24) is 4.98 Å². The number of fused-ring (bicyclic) bond motifs is 1. The fourth-order valence-electron chi connectivity index (χ4n) is 2.30. The summed E-state index contributed by atoms with van der Waals surface area (Å²) in [6.45, 7) is 10.8. The molecule has 28 heavy (non-hydrogen) atoms. The van der Waals surface area contributed by atoms with Gasteiger partial charge in [-0.2, -0.15) is 0 Å². The first-order valence-electron chi connectivity index (χ1n) is 9.86. The predicted octanol–water partition coefficient (Wildman–Crippen LogP) is 6.63. The van der Waals surface area contributed by atoms with Crippen LogP contribution in [0.25, 0.3) is 20.8 Å². The Balaban J connectivity index is 0.000000583. The van der Waals surface area contributed by atoms with E-state index in [-0.39, 0.29) is 11.4 Å². The summed E-state index contributed by atoms with van der Waals surface area (Å²) in [5.41, 5.74) is 2.22. The Bertz CT molecular complexity index is 763. The molecule has 3 rings (SSSR count). The van der Waals surface area contributed by atoms with E-state index in [4.69, 9.17) is 15.2 Å². The lowest BCUT2D eigenvalue weighted by Crippen LogP contribution is -2.16. The third kappa shape index (κ3) is 7.92. The molecule has 0 atom stereocenters. The highest BCUT2D eigenvalue weighted by molar-refractivity contribution is 8.00. The summed E-state index contributed by atoms with van der Waals surface area (Å²) >= 11 is 3.53. The smallest absolute Gasteiger partial charge is 0.124 e. The monoisotopic (exact) mass is 419 g/mol. The summed E-state index contributed by atoms with van der Waals surface area (Å²) in [5.74, 6) is 0. The first-order chi connectivity index (χ1) is 13.5. The van der Waals surface area contributed by atoms with Crippen LogP contribution in [0.2, 0.25) is 0 Å². The molecule has 0 amide bonds. The van der Waals surface area contributed by atoms with Crippen LogP contribution in [0.15, 0.2) is 53.4 Å². The van der Waals surface area contributed by atoms with Gasteiger partial charge < -0.3 is 10.2 Å². The molecule has 5 heteroatoms. The van der Waals surface area contributed by atoms with Crippen molar-refractivity contribution in [3.05, 3.63) is 48.5 Å². The maximum atomic E-state index is 9.12. The van der Waals surface area contributed by atoms with E-state index < -0.39 is 0 Å². The Morgan fingerprint density at radius 1 is 0.964 bits per heavy atom. The van der Waals surface area contributed by atoms with Gasteiger partial charge in [-0.3, -0.25) is 0 Å². The second kappa shape index (κ2) is 12.9. The van der Waals surface area contributed by atoms with Gasteiger partial charge in [0, 0.05) is 28.4 Å². The zero-order valence-electron chi connectivity index (χ0n) is 17.6. The van der Waals surface area contributed by atoms with Gasteiger partial charge >= 0.3 is 0 Å². The number of hydrogen-bond acceptors (Lipinski definition) is 5. The number of thioether (sulfide) groups is 1. The van der Waals surface area contributed by atoms with Crippen LogP contribution in [0.5, 0.6) is 0 Å². The Hall–Kier alpha value is -1.40. The molecule has 0 fully saturated rings. The largest absolute Gasteiger partial charge is 0.396 e. The highest BCUT2D eigenvalue weighted by Gasteiger charge is 2.18. The quantitative estimate of drug-likeness (QED) is 0.440. The molecule has 1 aromatic heterocycles. The van der Waals surface area contributed by atoms with Crippen molar-refractivity contribution in [2.45, 2.75) is 57.1 Å². The van der Waals surface area contributed by atoms with Gasteiger partial charge in [0.2, 0.25) is 0 Å². The van der Waals surface area contributed by atoms with Gasteiger partial charge in [-0.1, -0.05) is 58.9 Å². The van der Waals surface area contributed by atoms with Crippen molar-refractivity contribution < 1.29 is 10.2 Å². The molecule has 0 radical (unpaired) electrons. The average Bonchev–Trinajstić information content (AvgIpc) is 3.14. The van der Waals surface area contributed by atoms with Crippen molar-refractivity contribution in [3.8, 4) is 10.6 Å². The van der Waals surface area contributed by atoms with Crippen molar-refractivity contribution in [2.75, 3.05) is 13.2 Å². The van der Waals surface area contributed by atoms with E-state index in [9.17, 15) is 0 Å². The van der Waals surface area contributed by atoms with E-state index >= 15 is 0 Å². The Morgan fingerprint density at radius 2 is 1.57 bits per heavy atom. The number of rotatable bonds is 6. The third-order valence-corrected chi connectivity index (χ3v) is 6.08. The molecule has 3 nitrogen and oxygen atoms in total. The lowest BCUT2D eigenvalue weighted by atomic mass is 10.1. The minimum atomic E-state index is 0.0477. The number of hydrogen-bond donors (Lipinski definition) is 2. The number of benzene rings is 2. The number of aromatic nitrogens is 1. The van der Waals surface area contributed by atoms with Crippen LogP contribution < -0.4 is 0 Å². The molecule has 154 valence electrons. The maximum Gasteiger partial charge on any atom is 0.124 e. The van der Waals surface area contributed by atoms with Crippen LogP contribution in [0.1, 0.15) is 47.5 Å². The van der Waals surface area contributed by atoms with Gasteiger partial charge in [0.1, 0.15) is 5.01 Å². The summed E-state index contributed by atoms with van der Waals surface area (Å²) in [4.78, 5) is 5.92. The number of thiazole rings is 1. The molecule has 0 aliphatic carbocycles. The van der Waals surface area contributed by atoms with E-state index in [1.54, 1.807) is 23.1 Å². The molecule has 3 aromatic rings. The van der Waals surface area contributed by atoms with Crippen LogP contribution in [-0.2, 0) is 0 Å². The molecule has 2 N–H and O–H groups in total. The van der Waals surface area contributed by atoms with Crippen LogP contribution >= 0.6 is 23.1 Å². The van der Waals surface area contributed by atoms with Gasteiger partial charge in [0.05, 0.1) is 10.2 Å². The number of aliphatic hydroxyl groups excluding tert-OH is 2. The van der Waals surface area contributed by atoms with Gasteiger partial charge in [0.25, 0.3) is 0 Å². The minimum Gasteiger partial charge on any atom is -0.396 e. The zero-order chi connectivity index (χ0) is 21.0. The van der Waals surface area contributed by atoms with Crippen LogP contribution in [0.4, 0.5) is 0 Å². The number of nitrogens with zero attached hydrogens (tertiary/aromatic N) is 1. The van der Waals surface area contributed by atoms with Gasteiger partial charge in [-0.05, 0) is 37.1 Å². The molecular formula is C23H33NO2S2. The Kier molecular flexibility index (Phi) is 11.4. The fourth-order valence-corrected chi connectivity index (χ4v) is 4.38.